The molecule has 0 aliphatic carbocycles. The summed E-state index contributed by atoms with van der Waals surface area (Å²) in [4.78, 5) is 0. The van der Waals surface area contributed by atoms with Crippen LogP contribution >= 0.6 is 15.9 Å². The summed E-state index contributed by atoms with van der Waals surface area (Å²) in [6, 6.07) is 9.63. The Morgan fingerprint density at radius 3 is 2.52 bits per heavy atom. The number of hydrogen-bond donors (Lipinski definition) is 1. The number of rotatable bonds is 5. The normalized spacial score (nSPS) is 12.2. The first-order valence-electron chi connectivity index (χ1n) is 6.52. The summed E-state index contributed by atoms with van der Waals surface area (Å²) < 4.78 is 33.0. The number of halogens is 3. The minimum Gasteiger partial charge on any atom is -0.494 e. The molecule has 2 rings (SSSR count). The molecule has 21 heavy (non-hydrogen) atoms. The summed E-state index contributed by atoms with van der Waals surface area (Å²) in [7, 11) is 1.43. The summed E-state index contributed by atoms with van der Waals surface area (Å²) in [6.07, 6.45) is 0. The molecule has 0 fully saturated rings. The average molecular weight is 356 g/mol. The maximum atomic E-state index is 13.7. The number of methoxy groups -OCH3 is 1. The van der Waals surface area contributed by atoms with Crippen LogP contribution in [0.2, 0.25) is 0 Å². The lowest BCUT2D eigenvalue weighted by atomic mass is 10.1. The van der Waals surface area contributed by atoms with Crippen LogP contribution in [0.1, 0.15) is 24.1 Å². The van der Waals surface area contributed by atoms with Crippen LogP contribution in [0.15, 0.2) is 40.9 Å². The zero-order valence-electron chi connectivity index (χ0n) is 11.8. The van der Waals surface area contributed by atoms with Gasteiger partial charge in [0.1, 0.15) is 5.82 Å². The average Bonchev–Trinajstić information content (AvgIpc) is 2.46. The van der Waals surface area contributed by atoms with Crippen LogP contribution in [0.25, 0.3) is 0 Å². The summed E-state index contributed by atoms with van der Waals surface area (Å²) in [5, 5.41) is 3.18. The maximum absolute atomic E-state index is 13.7. The number of hydrogen-bond acceptors (Lipinski definition) is 2. The fraction of sp³-hybridized carbons (Fsp3) is 0.250. The molecular weight excluding hydrogens is 340 g/mol. The van der Waals surface area contributed by atoms with E-state index in [1.165, 1.54) is 19.2 Å². The van der Waals surface area contributed by atoms with E-state index in [-0.39, 0.29) is 17.6 Å². The van der Waals surface area contributed by atoms with Gasteiger partial charge in [0.05, 0.1) is 7.11 Å². The molecule has 0 heterocycles. The summed E-state index contributed by atoms with van der Waals surface area (Å²) in [5.74, 6) is -0.464. The van der Waals surface area contributed by atoms with E-state index in [0.29, 0.717) is 16.6 Å². The van der Waals surface area contributed by atoms with Gasteiger partial charge < -0.3 is 10.1 Å². The van der Waals surface area contributed by atoms with Crippen LogP contribution in [0, 0.1) is 11.6 Å². The van der Waals surface area contributed by atoms with Crippen molar-refractivity contribution in [1.29, 1.82) is 0 Å². The van der Waals surface area contributed by atoms with Crippen LogP contribution in [0.3, 0.4) is 0 Å². The first-order chi connectivity index (χ1) is 10.0. The van der Waals surface area contributed by atoms with Crippen molar-refractivity contribution in [3.05, 3.63) is 63.6 Å². The minimum absolute atomic E-state index is 0.103. The highest BCUT2D eigenvalue weighted by atomic mass is 79.9. The van der Waals surface area contributed by atoms with Gasteiger partial charge in [-0.2, -0.15) is 0 Å². The van der Waals surface area contributed by atoms with Crippen LogP contribution in [-0.2, 0) is 6.54 Å². The third kappa shape index (κ3) is 4.02. The molecule has 0 aromatic heterocycles. The van der Waals surface area contributed by atoms with Gasteiger partial charge in [-0.25, -0.2) is 8.78 Å². The standard InChI is InChI=1S/C16H16BrF2NO/c1-10(11-4-6-16(21-2)15(19)7-11)20-9-12-3-5-13(17)8-14(12)18/h3-8,10,20H,9H2,1-2H3. The zero-order valence-corrected chi connectivity index (χ0v) is 13.4. The second kappa shape index (κ2) is 7.00. The Kier molecular flexibility index (Phi) is 5.31. The van der Waals surface area contributed by atoms with E-state index in [4.69, 9.17) is 4.74 Å². The Hall–Kier alpha value is -1.46. The molecule has 1 atom stereocenters. The molecule has 5 heteroatoms. The van der Waals surface area contributed by atoms with Crippen molar-refractivity contribution in [1.82, 2.24) is 5.32 Å². The lowest BCUT2D eigenvalue weighted by Gasteiger charge is -2.15. The lowest BCUT2D eigenvalue weighted by Crippen LogP contribution is -2.19. The molecule has 0 saturated carbocycles. The van der Waals surface area contributed by atoms with Crippen molar-refractivity contribution in [2.45, 2.75) is 19.5 Å². The van der Waals surface area contributed by atoms with E-state index in [2.05, 4.69) is 21.2 Å². The van der Waals surface area contributed by atoms with Gasteiger partial charge in [-0.15, -0.1) is 0 Å². The van der Waals surface area contributed by atoms with Crippen LogP contribution in [0.4, 0.5) is 8.78 Å². The molecule has 2 aromatic rings. The van der Waals surface area contributed by atoms with E-state index >= 15 is 0 Å². The van der Waals surface area contributed by atoms with Crippen molar-refractivity contribution in [3.8, 4) is 5.75 Å². The maximum Gasteiger partial charge on any atom is 0.165 e. The summed E-state index contributed by atoms with van der Waals surface area (Å²) in [6.45, 7) is 2.27. The Balaban J connectivity index is 2.04. The first kappa shape index (κ1) is 15.9. The van der Waals surface area contributed by atoms with Gasteiger partial charge in [-0.05, 0) is 36.8 Å². The molecule has 2 nitrogen and oxygen atoms in total. The van der Waals surface area contributed by atoms with Gasteiger partial charge in [0.2, 0.25) is 0 Å². The Morgan fingerprint density at radius 2 is 1.90 bits per heavy atom. The molecule has 0 spiro atoms. The molecular formula is C16H16BrF2NO. The number of benzene rings is 2. The molecule has 2 aromatic carbocycles. The highest BCUT2D eigenvalue weighted by Gasteiger charge is 2.10. The van der Waals surface area contributed by atoms with E-state index in [1.54, 1.807) is 24.3 Å². The fourth-order valence-electron chi connectivity index (χ4n) is 2.00. The van der Waals surface area contributed by atoms with Crippen LogP contribution in [0.5, 0.6) is 5.75 Å². The molecule has 0 aliphatic rings. The van der Waals surface area contributed by atoms with E-state index in [9.17, 15) is 8.78 Å². The molecule has 0 radical (unpaired) electrons. The van der Waals surface area contributed by atoms with Gasteiger partial charge in [0, 0.05) is 22.6 Å². The van der Waals surface area contributed by atoms with Gasteiger partial charge in [-0.1, -0.05) is 28.1 Å². The summed E-state index contributed by atoms with van der Waals surface area (Å²) >= 11 is 3.22. The van der Waals surface area contributed by atoms with Crippen molar-refractivity contribution < 1.29 is 13.5 Å². The number of nitrogens with one attached hydrogen (secondary N) is 1. The molecule has 0 aliphatic heterocycles. The lowest BCUT2D eigenvalue weighted by molar-refractivity contribution is 0.385. The minimum atomic E-state index is -0.404. The molecule has 1 N–H and O–H groups in total. The van der Waals surface area contributed by atoms with E-state index in [0.717, 1.165) is 5.56 Å². The quantitative estimate of drug-likeness (QED) is 0.846. The fourth-order valence-corrected chi connectivity index (χ4v) is 2.33. The molecule has 1 unspecified atom stereocenters. The zero-order chi connectivity index (χ0) is 15.4. The van der Waals surface area contributed by atoms with Crippen molar-refractivity contribution >= 4 is 15.9 Å². The summed E-state index contributed by atoms with van der Waals surface area (Å²) in [5.41, 5.74) is 1.35. The smallest absolute Gasteiger partial charge is 0.165 e. The van der Waals surface area contributed by atoms with E-state index in [1.807, 2.05) is 6.92 Å². The second-order valence-electron chi connectivity index (χ2n) is 4.73. The van der Waals surface area contributed by atoms with Crippen molar-refractivity contribution in [3.63, 3.8) is 0 Å². The van der Waals surface area contributed by atoms with Crippen LogP contribution in [-0.4, -0.2) is 7.11 Å². The van der Waals surface area contributed by atoms with E-state index < -0.39 is 5.82 Å². The van der Waals surface area contributed by atoms with Gasteiger partial charge >= 0.3 is 0 Å². The number of ether oxygens (including phenoxy) is 1. The monoisotopic (exact) mass is 355 g/mol. The van der Waals surface area contributed by atoms with Crippen LogP contribution < -0.4 is 10.1 Å². The topological polar surface area (TPSA) is 21.3 Å². The highest BCUT2D eigenvalue weighted by Crippen LogP contribution is 2.22. The largest absolute Gasteiger partial charge is 0.494 e. The van der Waals surface area contributed by atoms with Crippen molar-refractivity contribution in [2.75, 3.05) is 7.11 Å². The van der Waals surface area contributed by atoms with Gasteiger partial charge in [0.15, 0.2) is 11.6 Å². The molecule has 0 bridgehead atoms. The Bertz CT molecular complexity index is 634. The SMILES string of the molecule is COc1ccc(C(C)NCc2ccc(Br)cc2F)cc1F. The predicted molar refractivity (Wildman–Crippen MR) is 82.3 cm³/mol. The second-order valence-corrected chi connectivity index (χ2v) is 5.65. The molecule has 0 saturated heterocycles. The third-order valence-corrected chi connectivity index (χ3v) is 3.78. The molecule has 112 valence electrons. The third-order valence-electron chi connectivity index (χ3n) is 3.29. The Labute approximate surface area is 131 Å². The highest BCUT2D eigenvalue weighted by molar-refractivity contribution is 9.10. The molecule has 0 amide bonds. The van der Waals surface area contributed by atoms with Gasteiger partial charge in [-0.3, -0.25) is 0 Å². The predicted octanol–water partition coefficient (Wildman–Crippen LogP) is 4.59. The first-order valence-corrected chi connectivity index (χ1v) is 7.31. The Morgan fingerprint density at radius 1 is 1.14 bits per heavy atom. The van der Waals surface area contributed by atoms with Crippen molar-refractivity contribution in [2.24, 2.45) is 0 Å². The van der Waals surface area contributed by atoms with Gasteiger partial charge in [0.25, 0.3) is 0 Å².